The molecule has 0 aromatic heterocycles. The summed E-state index contributed by atoms with van der Waals surface area (Å²) in [6.07, 6.45) is 0. The molecule has 1 amide bonds. The number of carbonyl (C=O) groups is 1. The second-order valence-corrected chi connectivity index (χ2v) is 6.73. The standard InChI is InChI=1S/C18H18Cl2FN3O/c19-13-5-6-16(15(21)11-13)22-18(25)12-23-7-9-24(10-8-23)17-4-2-1-3-14(17)20/h1-6,11H,7-10,12H2,(H,22,25). The highest BCUT2D eigenvalue weighted by Gasteiger charge is 2.20. The second-order valence-electron chi connectivity index (χ2n) is 5.89. The molecular weight excluding hydrogens is 364 g/mol. The Labute approximate surface area is 156 Å². The third-order valence-corrected chi connectivity index (χ3v) is 4.69. The van der Waals surface area contributed by atoms with Crippen LogP contribution in [0.4, 0.5) is 15.8 Å². The number of piperazine rings is 1. The molecule has 0 aliphatic carbocycles. The van der Waals surface area contributed by atoms with Gasteiger partial charge in [-0.05, 0) is 30.3 Å². The zero-order valence-electron chi connectivity index (χ0n) is 13.5. The monoisotopic (exact) mass is 381 g/mol. The number of nitrogens with zero attached hydrogens (tertiary/aromatic N) is 2. The van der Waals surface area contributed by atoms with Gasteiger partial charge in [0.05, 0.1) is 22.9 Å². The summed E-state index contributed by atoms with van der Waals surface area (Å²) in [6, 6.07) is 11.9. The molecule has 0 atom stereocenters. The van der Waals surface area contributed by atoms with E-state index in [2.05, 4.69) is 10.2 Å². The van der Waals surface area contributed by atoms with E-state index in [0.717, 1.165) is 36.9 Å². The number of amides is 1. The van der Waals surface area contributed by atoms with E-state index in [0.29, 0.717) is 5.02 Å². The first-order chi connectivity index (χ1) is 12.0. The zero-order chi connectivity index (χ0) is 17.8. The molecule has 0 unspecified atom stereocenters. The Hall–Kier alpha value is -1.82. The van der Waals surface area contributed by atoms with Crippen molar-refractivity contribution in [3.63, 3.8) is 0 Å². The van der Waals surface area contributed by atoms with Gasteiger partial charge in [0.15, 0.2) is 0 Å². The molecule has 3 rings (SSSR count). The molecule has 1 aliphatic rings. The second kappa shape index (κ2) is 8.04. The maximum Gasteiger partial charge on any atom is 0.238 e. The lowest BCUT2D eigenvalue weighted by atomic mass is 10.2. The van der Waals surface area contributed by atoms with Crippen LogP contribution in [-0.4, -0.2) is 43.5 Å². The molecule has 1 fully saturated rings. The van der Waals surface area contributed by atoms with Gasteiger partial charge in [-0.15, -0.1) is 0 Å². The van der Waals surface area contributed by atoms with Gasteiger partial charge < -0.3 is 10.2 Å². The van der Waals surface area contributed by atoms with Crippen LogP contribution in [0.25, 0.3) is 0 Å². The Bertz CT molecular complexity index is 764. The zero-order valence-corrected chi connectivity index (χ0v) is 15.0. The first-order valence-electron chi connectivity index (χ1n) is 7.99. The normalized spacial score (nSPS) is 15.2. The highest BCUT2D eigenvalue weighted by atomic mass is 35.5. The Balaban J connectivity index is 1.52. The number of hydrogen-bond acceptors (Lipinski definition) is 3. The Morgan fingerprint density at radius 3 is 2.48 bits per heavy atom. The summed E-state index contributed by atoms with van der Waals surface area (Å²) in [5.41, 5.74) is 1.15. The molecule has 4 nitrogen and oxygen atoms in total. The molecule has 0 spiro atoms. The van der Waals surface area contributed by atoms with E-state index in [9.17, 15) is 9.18 Å². The molecule has 1 N–H and O–H groups in total. The number of anilines is 2. The van der Waals surface area contributed by atoms with Crippen LogP contribution in [0.5, 0.6) is 0 Å². The summed E-state index contributed by atoms with van der Waals surface area (Å²) in [4.78, 5) is 16.4. The quantitative estimate of drug-likeness (QED) is 0.872. The largest absolute Gasteiger partial charge is 0.368 e. The SMILES string of the molecule is O=C(CN1CCN(c2ccccc2Cl)CC1)Nc1ccc(Cl)cc1F. The van der Waals surface area contributed by atoms with Gasteiger partial charge in [-0.1, -0.05) is 35.3 Å². The third-order valence-electron chi connectivity index (χ3n) is 4.14. The van der Waals surface area contributed by atoms with E-state index >= 15 is 0 Å². The predicted octanol–water partition coefficient (Wildman–Crippen LogP) is 3.89. The van der Waals surface area contributed by atoms with Gasteiger partial charge in [0.1, 0.15) is 5.82 Å². The summed E-state index contributed by atoms with van der Waals surface area (Å²) in [6.45, 7) is 3.26. The molecule has 0 bridgehead atoms. The molecule has 1 heterocycles. The molecule has 2 aromatic rings. The molecule has 132 valence electrons. The molecule has 1 aliphatic heterocycles. The van der Waals surface area contributed by atoms with E-state index in [4.69, 9.17) is 23.2 Å². The summed E-state index contributed by atoms with van der Waals surface area (Å²) in [5.74, 6) is -0.781. The average molecular weight is 382 g/mol. The Morgan fingerprint density at radius 2 is 1.80 bits per heavy atom. The van der Waals surface area contributed by atoms with Crippen LogP contribution in [0.1, 0.15) is 0 Å². The molecular formula is C18H18Cl2FN3O. The summed E-state index contributed by atoms with van der Waals surface area (Å²) in [5, 5.41) is 3.61. The van der Waals surface area contributed by atoms with Gasteiger partial charge in [-0.25, -0.2) is 4.39 Å². The topological polar surface area (TPSA) is 35.6 Å². The lowest BCUT2D eigenvalue weighted by Gasteiger charge is -2.36. The van der Waals surface area contributed by atoms with Crippen molar-refractivity contribution in [1.82, 2.24) is 4.90 Å². The van der Waals surface area contributed by atoms with Gasteiger partial charge in [0.25, 0.3) is 0 Å². The Kier molecular flexibility index (Phi) is 5.78. The van der Waals surface area contributed by atoms with Gasteiger partial charge in [0.2, 0.25) is 5.91 Å². The Morgan fingerprint density at radius 1 is 1.08 bits per heavy atom. The highest BCUT2D eigenvalue weighted by molar-refractivity contribution is 6.33. The van der Waals surface area contributed by atoms with Crippen molar-refractivity contribution in [1.29, 1.82) is 0 Å². The fourth-order valence-electron chi connectivity index (χ4n) is 2.84. The van der Waals surface area contributed by atoms with E-state index < -0.39 is 5.82 Å². The minimum atomic E-state index is -0.538. The van der Waals surface area contributed by atoms with Crippen LogP contribution < -0.4 is 10.2 Å². The fraction of sp³-hybridized carbons (Fsp3) is 0.278. The van der Waals surface area contributed by atoms with Gasteiger partial charge in [-0.2, -0.15) is 0 Å². The van der Waals surface area contributed by atoms with Crippen LogP contribution in [-0.2, 0) is 4.79 Å². The third kappa shape index (κ3) is 4.63. The first-order valence-corrected chi connectivity index (χ1v) is 8.75. The van der Waals surface area contributed by atoms with Crippen molar-refractivity contribution < 1.29 is 9.18 Å². The van der Waals surface area contributed by atoms with Crippen LogP contribution in [0, 0.1) is 5.82 Å². The van der Waals surface area contributed by atoms with Gasteiger partial charge in [0, 0.05) is 31.2 Å². The fourth-order valence-corrected chi connectivity index (χ4v) is 3.25. The van der Waals surface area contributed by atoms with E-state index in [1.54, 1.807) is 6.07 Å². The van der Waals surface area contributed by atoms with Crippen LogP contribution in [0.3, 0.4) is 0 Å². The number of carbonyl (C=O) groups excluding carboxylic acids is 1. The summed E-state index contributed by atoms with van der Waals surface area (Å²) >= 11 is 11.9. The highest BCUT2D eigenvalue weighted by Crippen LogP contribution is 2.26. The van der Waals surface area contributed by atoms with Crippen molar-refractivity contribution in [2.24, 2.45) is 0 Å². The minimum absolute atomic E-state index is 0.143. The van der Waals surface area contributed by atoms with Gasteiger partial charge in [-0.3, -0.25) is 9.69 Å². The molecule has 25 heavy (non-hydrogen) atoms. The number of para-hydroxylation sites is 1. The summed E-state index contributed by atoms with van der Waals surface area (Å²) in [7, 11) is 0. The van der Waals surface area contributed by atoms with Crippen molar-refractivity contribution in [3.8, 4) is 0 Å². The average Bonchev–Trinajstić information content (AvgIpc) is 2.59. The maximum atomic E-state index is 13.7. The van der Waals surface area contributed by atoms with E-state index in [1.165, 1.54) is 12.1 Å². The maximum absolute atomic E-state index is 13.7. The van der Waals surface area contributed by atoms with Crippen LogP contribution in [0.15, 0.2) is 42.5 Å². The molecule has 7 heteroatoms. The molecule has 1 saturated heterocycles. The molecule has 0 radical (unpaired) electrons. The minimum Gasteiger partial charge on any atom is -0.368 e. The first kappa shape index (κ1) is 18.0. The van der Waals surface area contributed by atoms with E-state index in [1.807, 2.05) is 29.2 Å². The smallest absolute Gasteiger partial charge is 0.238 e. The van der Waals surface area contributed by atoms with Crippen LogP contribution >= 0.6 is 23.2 Å². The lowest BCUT2D eigenvalue weighted by molar-refractivity contribution is -0.117. The molecule has 0 saturated carbocycles. The number of rotatable bonds is 4. The number of halogens is 3. The van der Waals surface area contributed by atoms with Crippen molar-refractivity contribution in [2.45, 2.75) is 0 Å². The number of nitrogens with one attached hydrogen (secondary N) is 1. The lowest BCUT2D eigenvalue weighted by Crippen LogP contribution is -2.48. The molecule has 2 aromatic carbocycles. The predicted molar refractivity (Wildman–Crippen MR) is 100 cm³/mol. The van der Waals surface area contributed by atoms with E-state index in [-0.39, 0.29) is 18.1 Å². The van der Waals surface area contributed by atoms with Gasteiger partial charge >= 0.3 is 0 Å². The number of hydrogen-bond donors (Lipinski definition) is 1. The van der Waals surface area contributed by atoms with Crippen LogP contribution in [0.2, 0.25) is 10.0 Å². The van der Waals surface area contributed by atoms with Crippen molar-refractivity contribution in [3.05, 3.63) is 58.3 Å². The van der Waals surface area contributed by atoms with Crippen molar-refractivity contribution in [2.75, 3.05) is 42.9 Å². The summed E-state index contributed by atoms with van der Waals surface area (Å²) < 4.78 is 13.7. The number of benzene rings is 2. The van der Waals surface area contributed by atoms with Crippen molar-refractivity contribution >= 4 is 40.5 Å².